The van der Waals surface area contributed by atoms with E-state index in [1.54, 1.807) is 5.57 Å². The number of hydrogen-bond acceptors (Lipinski definition) is 2. The number of hydrogen-bond donors (Lipinski definition) is 1. The number of rotatable bonds is 7. The van der Waals surface area contributed by atoms with Crippen LogP contribution in [0, 0.1) is 29.1 Å². The molecule has 3 aliphatic rings. The molecule has 0 aromatic carbocycles. The van der Waals surface area contributed by atoms with Crippen LogP contribution in [0.5, 0.6) is 0 Å². The Morgan fingerprint density at radius 3 is 2.61 bits per heavy atom. The van der Waals surface area contributed by atoms with Gasteiger partial charge in [-0.05, 0) is 79.6 Å². The van der Waals surface area contributed by atoms with Crippen molar-refractivity contribution in [3.05, 3.63) is 35.5 Å². The smallest absolute Gasteiger partial charge is 1.00 e. The molecule has 0 spiro atoms. The molecule has 182 valence electrons. The second-order valence-corrected chi connectivity index (χ2v) is 11.2. The first-order valence-electron chi connectivity index (χ1n) is 12.7. The van der Waals surface area contributed by atoms with Crippen molar-refractivity contribution in [3.63, 3.8) is 0 Å². The summed E-state index contributed by atoms with van der Waals surface area (Å²) in [6, 6.07) is 0. The third kappa shape index (κ3) is 8.27. The molecule has 3 saturated carbocycles. The summed E-state index contributed by atoms with van der Waals surface area (Å²) in [7, 11) is 0. The molecular weight excluding hydrogens is 449 g/mol. The van der Waals surface area contributed by atoms with Gasteiger partial charge in [0, 0.05) is 6.42 Å². The van der Waals surface area contributed by atoms with Crippen molar-refractivity contribution in [1.29, 1.82) is 0 Å². The van der Waals surface area contributed by atoms with E-state index in [4.69, 9.17) is 9.84 Å². The zero-order valence-corrected chi connectivity index (χ0v) is 25.3. The van der Waals surface area contributed by atoms with E-state index in [1.165, 1.54) is 56.9 Å². The van der Waals surface area contributed by atoms with Gasteiger partial charge in [-0.25, -0.2) is 4.79 Å². The van der Waals surface area contributed by atoms with Crippen molar-refractivity contribution >= 4 is 66.9 Å². The molecule has 3 rings (SSSR count). The van der Waals surface area contributed by atoms with Crippen molar-refractivity contribution in [2.24, 2.45) is 29.1 Å². The van der Waals surface area contributed by atoms with Gasteiger partial charge in [0.15, 0.2) is 0 Å². The molecule has 3 aliphatic carbocycles. The second-order valence-electron chi connectivity index (χ2n) is 11.2. The second kappa shape index (κ2) is 14.3. The van der Waals surface area contributed by atoms with Gasteiger partial charge in [0.1, 0.15) is 6.10 Å². The first kappa shape index (κ1) is 31.5. The molecule has 0 saturated heterocycles. The Bertz CT molecular complexity index is 747. The molecule has 3 fully saturated rings. The van der Waals surface area contributed by atoms with Crippen LogP contribution in [-0.2, 0) is 4.74 Å². The Morgan fingerprint density at radius 1 is 1.21 bits per heavy atom. The molecule has 1 unspecified atom stereocenters. The summed E-state index contributed by atoms with van der Waals surface area (Å²) in [4.78, 5) is 10.9. The molecule has 1 N–H and O–H groups in total. The first-order valence-corrected chi connectivity index (χ1v) is 12.7. The number of carboxylic acid groups (broad SMARTS) is 1. The summed E-state index contributed by atoms with van der Waals surface area (Å²) in [5.74, 6) is 3.18. The van der Waals surface area contributed by atoms with Crippen molar-refractivity contribution in [1.82, 2.24) is 0 Å². The van der Waals surface area contributed by atoms with E-state index in [2.05, 4.69) is 46.4 Å². The summed E-state index contributed by atoms with van der Waals surface area (Å²) in [5.41, 5.74) is 4.38. The van der Waals surface area contributed by atoms with Crippen molar-refractivity contribution in [2.75, 3.05) is 0 Å². The van der Waals surface area contributed by atoms with Crippen LogP contribution in [0.3, 0.4) is 0 Å². The van der Waals surface area contributed by atoms with Crippen LogP contribution in [0.1, 0.15) is 104 Å². The van der Waals surface area contributed by atoms with Gasteiger partial charge in [-0.15, -0.1) is 0 Å². The quantitative estimate of drug-likeness (QED) is 0.287. The van der Waals surface area contributed by atoms with Crippen LogP contribution in [0.25, 0.3) is 0 Å². The molecule has 0 amide bonds. The van der Waals surface area contributed by atoms with E-state index in [1.807, 2.05) is 0 Å². The van der Waals surface area contributed by atoms with Crippen LogP contribution in [0.2, 0.25) is 0 Å². The molecule has 5 heteroatoms. The zero-order valence-electron chi connectivity index (χ0n) is 25.7. The third-order valence-electron chi connectivity index (χ3n) is 8.60. The molecule has 0 radical (unpaired) electrons. The van der Waals surface area contributed by atoms with Gasteiger partial charge in [0.2, 0.25) is 0 Å². The van der Waals surface area contributed by atoms with Gasteiger partial charge in [0.25, 0.3) is 0 Å². The molecule has 0 bridgehead atoms. The van der Waals surface area contributed by atoms with E-state index < -0.39 is 6.16 Å². The van der Waals surface area contributed by atoms with Gasteiger partial charge in [0.05, 0.1) is 0 Å². The number of allylic oxidation sites excluding steroid dienone is 4. The van der Waals surface area contributed by atoms with Crippen molar-refractivity contribution < 1.29 is 20.3 Å². The van der Waals surface area contributed by atoms with Gasteiger partial charge in [-0.3, -0.25) is 0 Å². The van der Waals surface area contributed by atoms with Crippen LogP contribution < -0.4 is 0 Å². The minimum absolute atomic E-state index is 0. The average molecular weight is 497 g/mol. The molecule has 3 nitrogen and oxygen atoms in total. The predicted octanol–water partition coefficient (Wildman–Crippen LogP) is 8.01. The van der Waals surface area contributed by atoms with E-state index in [9.17, 15) is 4.79 Å². The monoisotopic (exact) mass is 496 g/mol. The minimum atomic E-state index is -1.17. The van der Waals surface area contributed by atoms with Crippen LogP contribution >= 0.6 is 0 Å². The number of ether oxygens (including phenoxy) is 1. The molecular formula is C28H48CaMgO3. The average Bonchev–Trinajstić information content (AvgIpc) is 3.05. The van der Waals surface area contributed by atoms with Crippen LogP contribution in [0.4, 0.5) is 4.79 Å². The van der Waals surface area contributed by atoms with E-state index in [-0.39, 0.29) is 72.6 Å². The predicted molar refractivity (Wildman–Crippen MR) is 144 cm³/mol. The first-order chi connectivity index (χ1) is 14.7. The van der Waals surface area contributed by atoms with Gasteiger partial charge < -0.3 is 15.5 Å². The van der Waals surface area contributed by atoms with E-state index >= 15 is 0 Å². The van der Waals surface area contributed by atoms with Gasteiger partial charge in [-0.2, -0.15) is 0 Å². The van der Waals surface area contributed by atoms with E-state index in [0.717, 1.165) is 36.2 Å². The fraction of sp³-hybridized carbons (Fsp3) is 0.750. The zero-order chi connectivity index (χ0) is 22.6. The topological polar surface area (TPSA) is 46.5 Å². The van der Waals surface area contributed by atoms with E-state index in [0.29, 0.717) is 17.8 Å². The van der Waals surface area contributed by atoms with Crippen molar-refractivity contribution in [2.45, 2.75) is 104 Å². The maximum atomic E-state index is 10.9. The largest absolute Gasteiger partial charge is 2.00 e. The van der Waals surface area contributed by atoms with Gasteiger partial charge in [-0.1, -0.05) is 76.8 Å². The number of carbonyl (C=O) groups is 1. The Morgan fingerprint density at radius 2 is 1.94 bits per heavy atom. The van der Waals surface area contributed by atoms with Crippen LogP contribution in [-0.4, -0.2) is 78.2 Å². The fourth-order valence-electron chi connectivity index (χ4n) is 6.89. The molecule has 0 aromatic rings. The molecule has 0 heterocycles. The standard InChI is InChI=1S/C28H44O3.Ca.Mg.4H/c1-19(2)8-6-9-21(4)25-15-16-26-22(10-7-17-28(25,26)5)12-13-23-18-24(31-27(29)30)14-11-20(23)3;;;;;;/h12-13,19,21,24-26H,3,6-11,14-18H2,1-2,4-5H3,(H,29,30);;;;;;/q;2*+2;4*-1/b22-12+,23-13-;;;;;;/t21-,24+,25-,26?,28-;;;;;;/m1....../s1. The Kier molecular flexibility index (Phi) is 13.7. The Labute approximate surface area is 254 Å². The Hall–Kier alpha value is 0.516. The molecule has 0 aromatic heterocycles. The summed E-state index contributed by atoms with van der Waals surface area (Å²) >= 11 is 0. The summed E-state index contributed by atoms with van der Waals surface area (Å²) in [5, 5.41) is 8.96. The SMILES string of the molecule is C=C1CC[C@H](OC(=O)O)C/C1=C/C=C1\CCC[C@@]2(C)C1CC[C@@H]2[C@H](C)CCCC(C)C.[Ca+2].[H-].[H-].[H-].[H-].[Mg+2]. The summed E-state index contributed by atoms with van der Waals surface area (Å²) < 4.78 is 5.05. The third-order valence-corrected chi connectivity index (χ3v) is 8.60. The molecule has 5 atom stereocenters. The normalized spacial score (nSPS) is 32.8. The maximum absolute atomic E-state index is 10.9. The molecule has 0 aliphatic heterocycles. The van der Waals surface area contributed by atoms with Gasteiger partial charge >= 0.3 is 66.9 Å². The Balaban J connectivity index is -0.000000907. The number of fused-ring (bicyclic) bond motifs is 1. The molecule has 33 heavy (non-hydrogen) atoms. The minimum Gasteiger partial charge on any atom is -1.00 e. The summed E-state index contributed by atoms with van der Waals surface area (Å²) in [6.45, 7) is 14.0. The summed E-state index contributed by atoms with van der Waals surface area (Å²) in [6.07, 6.45) is 16.1. The van der Waals surface area contributed by atoms with Crippen LogP contribution in [0.15, 0.2) is 35.5 Å². The maximum Gasteiger partial charge on any atom is 2.00 e. The van der Waals surface area contributed by atoms with Crippen molar-refractivity contribution in [3.8, 4) is 0 Å². The fourth-order valence-corrected chi connectivity index (χ4v) is 6.89.